The molecule has 4 aromatic rings. The van der Waals surface area contributed by atoms with E-state index in [1.807, 2.05) is 50.2 Å². The largest absolute Gasteiger partial charge is 0.339 e. The Kier molecular flexibility index (Phi) is 6.13. The highest BCUT2D eigenvalue weighted by Crippen LogP contribution is 2.34. The standard InChI is InChI=1S/C27H28N6O3/c1-18(2)33-24(35)10-9-22(28-33)25-23-17-21(27(36)31-15-13-30(14-16-31)19(3)34)11-12-32(23)29-26(25)20-7-5-4-6-8-20/h4-12,17-18H,13-16H2,1-3H3. The Balaban J connectivity index is 1.62. The van der Waals surface area contributed by atoms with E-state index in [4.69, 9.17) is 5.10 Å². The van der Waals surface area contributed by atoms with Crippen LogP contribution >= 0.6 is 0 Å². The van der Waals surface area contributed by atoms with Crippen molar-refractivity contribution >= 4 is 17.3 Å². The second kappa shape index (κ2) is 9.41. The third-order valence-corrected chi connectivity index (χ3v) is 6.51. The molecule has 0 bridgehead atoms. The fraction of sp³-hybridized carbons (Fsp3) is 0.296. The molecule has 4 heterocycles. The van der Waals surface area contributed by atoms with Crippen molar-refractivity contribution in [3.8, 4) is 22.5 Å². The molecule has 1 aromatic carbocycles. The number of carbonyl (C=O) groups excluding carboxylic acids is 2. The summed E-state index contributed by atoms with van der Waals surface area (Å²) in [6.07, 6.45) is 1.78. The molecule has 2 amide bonds. The van der Waals surface area contributed by atoms with Gasteiger partial charge in [-0.05, 0) is 32.0 Å². The van der Waals surface area contributed by atoms with Crippen LogP contribution in [-0.4, -0.2) is 67.2 Å². The highest BCUT2D eigenvalue weighted by atomic mass is 16.2. The van der Waals surface area contributed by atoms with Gasteiger partial charge in [0.15, 0.2) is 0 Å². The second-order valence-corrected chi connectivity index (χ2v) is 9.23. The average Bonchev–Trinajstić information content (AvgIpc) is 3.28. The number of piperazine rings is 1. The van der Waals surface area contributed by atoms with E-state index >= 15 is 0 Å². The van der Waals surface area contributed by atoms with Crippen LogP contribution in [0, 0.1) is 0 Å². The molecule has 3 aromatic heterocycles. The quantitative estimate of drug-likeness (QED) is 0.444. The Morgan fingerprint density at radius 2 is 1.58 bits per heavy atom. The van der Waals surface area contributed by atoms with Crippen molar-refractivity contribution in [2.24, 2.45) is 0 Å². The van der Waals surface area contributed by atoms with Crippen LogP contribution in [0.2, 0.25) is 0 Å². The molecule has 5 rings (SSSR count). The number of benzene rings is 1. The van der Waals surface area contributed by atoms with Crippen LogP contribution in [0.4, 0.5) is 0 Å². The Morgan fingerprint density at radius 1 is 0.889 bits per heavy atom. The predicted molar refractivity (Wildman–Crippen MR) is 137 cm³/mol. The van der Waals surface area contributed by atoms with Crippen LogP contribution in [0.25, 0.3) is 28.0 Å². The Morgan fingerprint density at radius 3 is 2.25 bits per heavy atom. The van der Waals surface area contributed by atoms with Gasteiger partial charge in [-0.25, -0.2) is 9.20 Å². The van der Waals surface area contributed by atoms with Crippen molar-refractivity contribution in [3.05, 3.63) is 76.7 Å². The minimum absolute atomic E-state index is 0.0242. The Labute approximate surface area is 208 Å². The molecule has 0 N–H and O–H groups in total. The van der Waals surface area contributed by atoms with Crippen LogP contribution in [0.1, 0.15) is 37.2 Å². The summed E-state index contributed by atoms with van der Waals surface area (Å²) in [5.74, 6) is -0.0645. The number of pyridine rings is 1. The smallest absolute Gasteiger partial charge is 0.267 e. The summed E-state index contributed by atoms with van der Waals surface area (Å²) in [5.41, 5.74) is 4.08. The second-order valence-electron chi connectivity index (χ2n) is 9.23. The Hall–Kier alpha value is -4.27. The molecule has 0 radical (unpaired) electrons. The number of hydrogen-bond acceptors (Lipinski definition) is 5. The molecule has 1 aliphatic heterocycles. The van der Waals surface area contributed by atoms with Crippen molar-refractivity contribution in [2.75, 3.05) is 26.2 Å². The number of nitrogens with zero attached hydrogens (tertiary/aromatic N) is 6. The fourth-order valence-corrected chi connectivity index (χ4v) is 4.56. The van der Waals surface area contributed by atoms with Crippen LogP contribution in [-0.2, 0) is 4.79 Å². The van der Waals surface area contributed by atoms with Crippen LogP contribution in [0.15, 0.2) is 65.6 Å². The molecule has 0 spiro atoms. The van der Waals surface area contributed by atoms with E-state index < -0.39 is 0 Å². The monoisotopic (exact) mass is 484 g/mol. The van der Waals surface area contributed by atoms with E-state index in [2.05, 4.69) is 5.10 Å². The summed E-state index contributed by atoms with van der Waals surface area (Å²) in [6, 6.07) is 16.5. The lowest BCUT2D eigenvalue weighted by molar-refractivity contribution is -0.130. The summed E-state index contributed by atoms with van der Waals surface area (Å²) < 4.78 is 3.20. The Bertz CT molecular complexity index is 1500. The van der Waals surface area contributed by atoms with E-state index in [1.54, 1.807) is 39.6 Å². The maximum absolute atomic E-state index is 13.4. The maximum atomic E-state index is 13.4. The lowest BCUT2D eigenvalue weighted by Crippen LogP contribution is -2.50. The van der Waals surface area contributed by atoms with Crippen LogP contribution < -0.4 is 5.56 Å². The molecular formula is C27H28N6O3. The third kappa shape index (κ3) is 4.28. The molecule has 1 saturated heterocycles. The van der Waals surface area contributed by atoms with Crippen molar-refractivity contribution in [3.63, 3.8) is 0 Å². The van der Waals surface area contributed by atoms with Crippen molar-refractivity contribution in [2.45, 2.75) is 26.8 Å². The molecule has 0 atom stereocenters. The molecule has 9 heteroatoms. The topological polar surface area (TPSA) is 92.8 Å². The lowest BCUT2D eigenvalue weighted by Gasteiger charge is -2.34. The third-order valence-electron chi connectivity index (χ3n) is 6.51. The fourth-order valence-electron chi connectivity index (χ4n) is 4.56. The van der Waals surface area contributed by atoms with Gasteiger partial charge < -0.3 is 9.80 Å². The van der Waals surface area contributed by atoms with E-state index in [-0.39, 0.29) is 23.4 Å². The molecule has 184 valence electrons. The zero-order valence-electron chi connectivity index (χ0n) is 20.6. The first-order chi connectivity index (χ1) is 17.3. The van der Waals surface area contributed by atoms with Gasteiger partial charge in [-0.3, -0.25) is 14.4 Å². The molecule has 0 aliphatic carbocycles. The van der Waals surface area contributed by atoms with Gasteiger partial charge in [-0.2, -0.15) is 10.2 Å². The highest BCUT2D eigenvalue weighted by Gasteiger charge is 2.25. The average molecular weight is 485 g/mol. The van der Waals surface area contributed by atoms with Gasteiger partial charge >= 0.3 is 0 Å². The van der Waals surface area contributed by atoms with E-state index in [1.165, 1.54) is 10.7 Å². The summed E-state index contributed by atoms with van der Waals surface area (Å²) in [7, 11) is 0. The van der Waals surface area contributed by atoms with E-state index in [9.17, 15) is 14.4 Å². The number of hydrogen-bond donors (Lipinski definition) is 0. The molecule has 36 heavy (non-hydrogen) atoms. The van der Waals surface area contributed by atoms with E-state index in [0.29, 0.717) is 37.4 Å². The minimum atomic E-state index is -0.174. The van der Waals surface area contributed by atoms with Gasteiger partial charge in [0, 0.05) is 56.5 Å². The van der Waals surface area contributed by atoms with Gasteiger partial charge in [-0.1, -0.05) is 30.3 Å². The number of amides is 2. The van der Waals surface area contributed by atoms with Crippen molar-refractivity contribution < 1.29 is 9.59 Å². The number of rotatable bonds is 4. The van der Waals surface area contributed by atoms with Crippen LogP contribution in [0.5, 0.6) is 0 Å². The summed E-state index contributed by atoms with van der Waals surface area (Å²) in [5, 5.41) is 9.48. The first kappa shape index (κ1) is 23.5. The minimum Gasteiger partial charge on any atom is -0.339 e. The van der Waals surface area contributed by atoms with Gasteiger partial charge in [-0.15, -0.1) is 0 Å². The van der Waals surface area contributed by atoms with Gasteiger partial charge in [0.1, 0.15) is 5.69 Å². The number of carbonyl (C=O) groups is 2. The van der Waals surface area contributed by atoms with Crippen molar-refractivity contribution in [1.29, 1.82) is 0 Å². The van der Waals surface area contributed by atoms with E-state index in [0.717, 1.165) is 22.3 Å². The lowest BCUT2D eigenvalue weighted by atomic mass is 10.0. The summed E-state index contributed by atoms with van der Waals surface area (Å²) >= 11 is 0. The van der Waals surface area contributed by atoms with Crippen LogP contribution in [0.3, 0.4) is 0 Å². The zero-order valence-corrected chi connectivity index (χ0v) is 20.6. The predicted octanol–water partition coefficient (Wildman–Crippen LogP) is 3.11. The molecule has 0 saturated carbocycles. The molecule has 1 fully saturated rings. The molecule has 1 aliphatic rings. The van der Waals surface area contributed by atoms with Crippen molar-refractivity contribution in [1.82, 2.24) is 29.2 Å². The maximum Gasteiger partial charge on any atom is 0.267 e. The van der Waals surface area contributed by atoms with Gasteiger partial charge in [0.25, 0.3) is 11.5 Å². The summed E-state index contributed by atoms with van der Waals surface area (Å²) in [6.45, 7) is 7.41. The first-order valence-corrected chi connectivity index (χ1v) is 12.1. The first-order valence-electron chi connectivity index (χ1n) is 12.1. The molecule has 0 unspecified atom stereocenters. The number of fused-ring (bicyclic) bond motifs is 1. The normalized spacial score (nSPS) is 14.0. The molecule has 9 nitrogen and oxygen atoms in total. The summed E-state index contributed by atoms with van der Waals surface area (Å²) in [4.78, 5) is 40.9. The zero-order chi connectivity index (χ0) is 25.4. The molecular weight excluding hydrogens is 456 g/mol. The highest BCUT2D eigenvalue weighted by molar-refractivity contribution is 5.98. The van der Waals surface area contributed by atoms with Gasteiger partial charge in [0.05, 0.1) is 22.8 Å². The van der Waals surface area contributed by atoms with Gasteiger partial charge in [0.2, 0.25) is 5.91 Å². The SMILES string of the molecule is CC(=O)N1CCN(C(=O)c2ccn3nc(-c4ccccc4)c(-c4ccc(=O)n(C(C)C)n4)c3c2)CC1. The number of aromatic nitrogens is 4.